The van der Waals surface area contributed by atoms with E-state index in [-0.39, 0.29) is 23.2 Å². The van der Waals surface area contributed by atoms with Crippen molar-refractivity contribution in [1.29, 1.82) is 0 Å². The predicted molar refractivity (Wildman–Crippen MR) is 117 cm³/mol. The molecule has 5 rings (SSSR count). The molecule has 0 radical (unpaired) electrons. The Kier molecular flexibility index (Phi) is 5.01. The van der Waals surface area contributed by atoms with E-state index in [9.17, 15) is 8.78 Å². The second-order valence-electron chi connectivity index (χ2n) is 8.06. The molecule has 3 aromatic heterocycles. The van der Waals surface area contributed by atoms with Crippen molar-refractivity contribution in [3.8, 4) is 11.3 Å². The molecule has 0 unspecified atom stereocenters. The number of benzene rings is 1. The summed E-state index contributed by atoms with van der Waals surface area (Å²) in [6, 6.07) is 3.02. The van der Waals surface area contributed by atoms with E-state index in [1.54, 1.807) is 12.3 Å². The summed E-state index contributed by atoms with van der Waals surface area (Å²) in [4.78, 5) is 21.4. The van der Waals surface area contributed by atoms with Crippen LogP contribution < -0.4 is 10.6 Å². The smallest absolute Gasteiger partial charge is 0.230 e. The quantitative estimate of drug-likeness (QED) is 0.502. The van der Waals surface area contributed by atoms with Crippen LogP contribution in [-0.4, -0.2) is 36.0 Å². The zero-order valence-electron chi connectivity index (χ0n) is 17.9. The molecule has 4 heterocycles. The largest absolute Gasteiger partial charge is 0.326 e. The van der Waals surface area contributed by atoms with E-state index >= 15 is 0 Å². The molecular weight excluding hydrogens is 414 g/mol. The number of aryl methyl sites for hydroxylation is 1. The van der Waals surface area contributed by atoms with Gasteiger partial charge in [0, 0.05) is 42.9 Å². The van der Waals surface area contributed by atoms with Crippen LogP contribution in [0.5, 0.6) is 0 Å². The first kappa shape index (κ1) is 20.4. The van der Waals surface area contributed by atoms with Crippen molar-refractivity contribution in [2.75, 3.05) is 11.9 Å². The van der Waals surface area contributed by atoms with E-state index < -0.39 is 11.6 Å². The van der Waals surface area contributed by atoms with Crippen LogP contribution in [0.3, 0.4) is 0 Å². The molecule has 10 heteroatoms. The molecule has 0 atom stereocenters. The Bertz CT molecular complexity index is 1330. The fraction of sp³-hybridized carbons (Fsp3) is 0.318. The average Bonchev–Trinajstić information content (AvgIpc) is 3.11. The van der Waals surface area contributed by atoms with Crippen LogP contribution in [0.1, 0.15) is 37.0 Å². The zero-order chi connectivity index (χ0) is 22.4. The predicted octanol–water partition coefficient (Wildman–Crippen LogP) is 3.84. The standard InChI is InChI=1S/C22H22F2N8/c1-11(2)32-12(3)28-20-15(23)6-13(7-18(20)32)19-16(24)10-27-22(30-19)31-21-26-9-14-8-25-5-4-17(14)29-21/h6-7,9-11,25H,4-5,8H2,1-3H3,(H,26,27,29,30,31). The van der Waals surface area contributed by atoms with E-state index in [1.807, 2.05) is 25.3 Å². The molecule has 4 aromatic rings. The van der Waals surface area contributed by atoms with Gasteiger partial charge >= 0.3 is 0 Å². The van der Waals surface area contributed by atoms with E-state index in [2.05, 4.69) is 35.6 Å². The third-order valence-corrected chi connectivity index (χ3v) is 5.49. The summed E-state index contributed by atoms with van der Waals surface area (Å²) in [5.74, 6) is -0.0303. The van der Waals surface area contributed by atoms with Gasteiger partial charge in [-0.25, -0.2) is 33.7 Å². The second kappa shape index (κ2) is 7.86. The number of aromatic nitrogens is 6. The Morgan fingerprint density at radius 3 is 2.62 bits per heavy atom. The Morgan fingerprint density at radius 1 is 1.03 bits per heavy atom. The lowest BCUT2D eigenvalue weighted by Gasteiger charge is -2.16. The van der Waals surface area contributed by atoms with Gasteiger partial charge in [-0.05, 0) is 32.9 Å². The second-order valence-corrected chi connectivity index (χ2v) is 8.06. The van der Waals surface area contributed by atoms with Crippen LogP contribution in [0.25, 0.3) is 22.3 Å². The normalized spacial score (nSPS) is 13.6. The van der Waals surface area contributed by atoms with Crippen LogP contribution in [0.2, 0.25) is 0 Å². The van der Waals surface area contributed by atoms with Gasteiger partial charge in [-0.15, -0.1) is 0 Å². The number of hydrogen-bond donors (Lipinski definition) is 2. The first-order valence-corrected chi connectivity index (χ1v) is 10.4. The molecule has 0 saturated carbocycles. The molecule has 1 aliphatic heterocycles. The Balaban J connectivity index is 1.54. The molecule has 0 amide bonds. The maximum atomic E-state index is 14.8. The highest BCUT2D eigenvalue weighted by Crippen LogP contribution is 2.30. The number of imidazole rings is 1. The van der Waals surface area contributed by atoms with E-state index in [4.69, 9.17) is 0 Å². The monoisotopic (exact) mass is 436 g/mol. The van der Waals surface area contributed by atoms with Crippen LogP contribution in [0.4, 0.5) is 20.7 Å². The Morgan fingerprint density at radius 2 is 1.81 bits per heavy atom. The van der Waals surface area contributed by atoms with Gasteiger partial charge in [0.25, 0.3) is 0 Å². The molecule has 2 N–H and O–H groups in total. The Hall–Kier alpha value is -3.53. The minimum absolute atomic E-state index is 0.0142. The third-order valence-electron chi connectivity index (χ3n) is 5.49. The molecule has 0 saturated heterocycles. The minimum Gasteiger partial charge on any atom is -0.326 e. The summed E-state index contributed by atoms with van der Waals surface area (Å²) in [6.45, 7) is 7.37. The molecule has 8 nitrogen and oxygen atoms in total. The topological polar surface area (TPSA) is 93.4 Å². The van der Waals surface area contributed by atoms with Gasteiger partial charge in [-0.3, -0.25) is 5.32 Å². The highest BCUT2D eigenvalue weighted by atomic mass is 19.1. The van der Waals surface area contributed by atoms with Gasteiger partial charge in [0.2, 0.25) is 11.9 Å². The number of nitrogens with zero attached hydrogens (tertiary/aromatic N) is 6. The highest BCUT2D eigenvalue weighted by Gasteiger charge is 2.19. The summed E-state index contributed by atoms with van der Waals surface area (Å²) in [5, 5.41) is 6.20. The van der Waals surface area contributed by atoms with Crippen LogP contribution in [-0.2, 0) is 13.0 Å². The lowest BCUT2D eigenvalue weighted by molar-refractivity contribution is 0.600. The summed E-state index contributed by atoms with van der Waals surface area (Å²) in [6.07, 6.45) is 3.60. The molecular formula is C22H22F2N8. The molecule has 0 fully saturated rings. The van der Waals surface area contributed by atoms with Crippen LogP contribution in [0, 0.1) is 18.6 Å². The number of anilines is 2. The maximum absolute atomic E-state index is 14.8. The lowest BCUT2D eigenvalue weighted by Crippen LogP contribution is -2.25. The van der Waals surface area contributed by atoms with Gasteiger partial charge in [0.15, 0.2) is 11.6 Å². The highest BCUT2D eigenvalue weighted by molar-refractivity contribution is 5.83. The van der Waals surface area contributed by atoms with Crippen molar-refractivity contribution < 1.29 is 8.78 Å². The van der Waals surface area contributed by atoms with E-state index in [1.165, 1.54) is 6.07 Å². The van der Waals surface area contributed by atoms with Crippen molar-refractivity contribution in [1.82, 2.24) is 34.8 Å². The van der Waals surface area contributed by atoms with Crippen molar-refractivity contribution in [2.24, 2.45) is 0 Å². The lowest BCUT2D eigenvalue weighted by atomic mass is 10.1. The number of hydrogen-bond acceptors (Lipinski definition) is 7. The van der Waals surface area contributed by atoms with Crippen LogP contribution >= 0.6 is 0 Å². The number of rotatable bonds is 4. The molecule has 1 aromatic carbocycles. The molecule has 0 spiro atoms. The van der Waals surface area contributed by atoms with E-state index in [0.717, 1.165) is 37.0 Å². The van der Waals surface area contributed by atoms with Gasteiger partial charge in [0.1, 0.15) is 17.0 Å². The van der Waals surface area contributed by atoms with Crippen LogP contribution in [0.15, 0.2) is 24.5 Å². The van der Waals surface area contributed by atoms with Crippen molar-refractivity contribution in [3.05, 3.63) is 53.2 Å². The fourth-order valence-electron chi connectivity index (χ4n) is 4.08. The average molecular weight is 436 g/mol. The number of halogens is 2. The third kappa shape index (κ3) is 3.56. The number of fused-ring (bicyclic) bond motifs is 2. The van der Waals surface area contributed by atoms with Gasteiger partial charge in [0.05, 0.1) is 17.4 Å². The molecule has 32 heavy (non-hydrogen) atoms. The summed E-state index contributed by atoms with van der Waals surface area (Å²) >= 11 is 0. The molecule has 164 valence electrons. The van der Waals surface area contributed by atoms with Crippen molar-refractivity contribution >= 4 is 22.9 Å². The Labute approximate surface area is 183 Å². The minimum atomic E-state index is -0.654. The molecule has 1 aliphatic rings. The van der Waals surface area contributed by atoms with Gasteiger partial charge < -0.3 is 9.88 Å². The first-order chi connectivity index (χ1) is 15.4. The maximum Gasteiger partial charge on any atom is 0.230 e. The van der Waals surface area contributed by atoms with Crippen molar-refractivity contribution in [2.45, 2.75) is 39.8 Å². The molecule has 0 aliphatic carbocycles. The first-order valence-electron chi connectivity index (χ1n) is 10.4. The zero-order valence-corrected chi connectivity index (χ0v) is 17.9. The van der Waals surface area contributed by atoms with Crippen molar-refractivity contribution in [3.63, 3.8) is 0 Å². The summed E-state index contributed by atoms with van der Waals surface area (Å²) < 4.78 is 31.4. The van der Waals surface area contributed by atoms with E-state index in [0.29, 0.717) is 22.9 Å². The molecule has 0 bridgehead atoms. The fourth-order valence-corrected chi connectivity index (χ4v) is 4.08. The summed E-state index contributed by atoms with van der Waals surface area (Å²) in [5.41, 5.74) is 3.13. The van der Waals surface area contributed by atoms with Gasteiger partial charge in [-0.2, -0.15) is 0 Å². The number of nitrogens with one attached hydrogen (secondary N) is 2. The summed E-state index contributed by atoms with van der Waals surface area (Å²) in [7, 11) is 0. The SMILES string of the molecule is Cc1nc2c(F)cc(-c3nc(Nc4ncc5c(n4)CCNC5)ncc3F)cc2n1C(C)C. The van der Waals surface area contributed by atoms with Gasteiger partial charge in [-0.1, -0.05) is 0 Å².